The number of likely N-dealkylation sites (tertiary alicyclic amines) is 1. The molecule has 4 heterocycles. The highest BCUT2D eigenvalue weighted by molar-refractivity contribution is 5.99. The van der Waals surface area contributed by atoms with E-state index in [2.05, 4.69) is 0 Å². The Hall–Kier alpha value is -2.19. The van der Waals surface area contributed by atoms with Crippen molar-refractivity contribution in [3.05, 3.63) is 24.3 Å². The van der Waals surface area contributed by atoms with Gasteiger partial charge in [-0.2, -0.15) is 0 Å². The Kier molecular flexibility index (Phi) is 5.74. The highest BCUT2D eigenvalue weighted by Gasteiger charge is 2.75. The van der Waals surface area contributed by atoms with Crippen molar-refractivity contribution in [3.63, 3.8) is 0 Å². The van der Waals surface area contributed by atoms with Crippen LogP contribution in [0.3, 0.4) is 0 Å². The highest BCUT2D eigenvalue weighted by atomic mass is 16.6. The van der Waals surface area contributed by atoms with Crippen molar-refractivity contribution in [2.24, 2.45) is 17.8 Å². The third kappa shape index (κ3) is 3.14. The first-order chi connectivity index (χ1) is 15.1. The van der Waals surface area contributed by atoms with Crippen LogP contribution in [-0.4, -0.2) is 81.8 Å². The fourth-order valence-electron chi connectivity index (χ4n) is 5.89. The van der Waals surface area contributed by atoms with Crippen molar-refractivity contribution in [1.82, 2.24) is 9.80 Å². The van der Waals surface area contributed by atoms with E-state index < -0.39 is 41.1 Å². The number of rotatable bonds is 4. The second-order valence-electron chi connectivity index (χ2n) is 10.1. The molecule has 176 valence electrons. The van der Waals surface area contributed by atoms with Crippen molar-refractivity contribution in [1.29, 1.82) is 0 Å². The van der Waals surface area contributed by atoms with E-state index in [1.807, 2.05) is 52.0 Å². The largest absolute Gasteiger partial charge is 0.465 e. The van der Waals surface area contributed by atoms with Crippen LogP contribution in [0.25, 0.3) is 0 Å². The number of aliphatic hydroxyl groups is 1. The van der Waals surface area contributed by atoms with E-state index >= 15 is 0 Å². The van der Waals surface area contributed by atoms with Gasteiger partial charge in [0.1, 0.15) is 17.6 Å². The van der Waals surface area contributed by atoms with Crippen molar-refractivity contribution < 1.29 is 29.0 Å². The van der Waals surface area contributed by atoms with E-state index in [1.165, 1.54) is 4.90 Å². The molecule has 2 saturated heterocycles. The number of amides is 2. The number of esters is 1. The van der Waals surface area contributed by atoms with Crippen LogP contribution in [0.4, 0.5) is 0 Å². The fourth-order valence-corrected chi connectivity index (χ4v) is 5.89. The van der Waals surface area contributed by atoms with Crippen LogP contribution in [0.1, 0.15) is 41.0 Å². The van der Waals surface area contributed by atoms with Gasteiger partial charge in [-0.3, -0.25) is 14.4 Å². The minimum atomic E-state index is -1.31. The summed E-state index contributed by atoms with van der Waals surface area (Å²) in [6, 6.07) is -1.62. The molecule has 4 aliphatic heterocycles. The summed E-state index contributed by atoms with van der Waals surface area (Å²) in [5.74, 6) is -2.94. The number of carbonyl (C=O) groups excluding carboxylic acids is 3. The maximum Gasteiger partial charge on any atom is 0.313 e. The molecule has 0 aromatic carbocycles. The first-order valence-electron chi connectivity index (χ1n) is 11.5. The van der Waals surface area contributed by atoms with Crippen molar-refractivity contribution in [2.45, 2.75) is 70.4 Å². The smallest absolute Gasteiger partial charge is 0.313 e. The van der Waals surface area contributed by atoms with Gasteiger partial charge in [-0.25, -0.2) is 0 Å². The van der Waals surface area contributed by atoms with Gasteiger partial charge in [-0.05, 0) is 33.1 Å². The SMILES string of the molecule is CC(C)[C@H](CO)N1C(=O)[C@@H]2[C@H]3C(=O)OCCC=C[C@@]3(C)O[C@@]23C=CCN(C(C)C)C(=O)C13. The molecule has 0 aromatic rings. The predicted molar refractivity (Wildman–Crippen MR) is 116 cm³/mol. The summed E-state index contributed by atoms with van der Waals surface area (Å²) in [5, 5.41) is 10.2. The maximum atomic E-state index is 14.0. The maximum absolute atomic E-state index is 14.0. The van der Waals surface area contributed by atoms with E-state index in [9.17, 15) is 19.5 Å². The Morgan fingerprint density at radius 3 is 2.44 bits per heavy atom. The summed E-state index contributed by atoms with van der Waals surface area (Å²) in [6.07, 6.45) is 7.99. The first-order valence-corrected chi connectivity index (χ1v) is 11.5. The molecule has 32 heavy (non-hydrogen) atoms. The molecule has 4 aliphatic rings. The Bertz CT molecular complexity index is 867. The second-order valence-corrected chi connectivity index (χ2v) is 10.1. The quantitative estimate of drug-likeness (QED) is 0.516. The average molecular weight is 447 g/mol. The van der Waals surface area contributed by atoms with Crippen LogP contribution in [0.15, 0.2) is 24.3 Å². The van der Waals surface area contributed by atoms with Crippen LogP contribution >= 0.6 is 0 Å². The molecular weight excluding hydrogens is 412 g/mol. The molecule has 8 nitrogen and oxygen atoms in total. The number of nitrogens with zero attached hydrogens (tertiary/aromatic N) is 2. The van der Waals surface area contributed by atoms with Gasteiger partial charge in [0.15, 0.2) is 0 Å². The topological polar surface area (TPSA) is 96.4 Å². The summed E-state index contributed by atoms with van der Waals surface area (Å²) in [6.45, 7) is 9.81. The summed E-state index contributed by atoms with van der Waals surface area (Å²) >= 11 is 0. The fraction of sp³-hybridized carbons (Fsp3) is 0.708. The average Bonchev–Trinajstić information content (AvgIpc) is 3.02. The number of fused-ring (bicyclic) bond motifs is 2. The van der Waals surface area contributed by atoms with Crippen LogP contribution in [0.2, 0.25) is 0 Å². The monoisotopic (exact) mass is 446 g/mol. The van der Waals surface area contributed by atoms with Crippen molar-refractivity contribution in [3.8, 4) is 0 Å². The predicted octanol–water partition coefficient (Wildman–Crippen LogP) is 1.28. The molecule has 0 aromatic heterocycles. The molecule has 1 spiro atoms. The number of ether oxygens (including phenoxy) is 2. The molecule has 6 atom stereocenters. The van der Waals surface area contributed by atoms with Gasteiger partial charge in [0.05, 0.1) is 30.8 Å². The lowest BCUT2D eigenvalue weighted by molar-refractivity contribution is -0.163. The normalized spacial score (nSPS) is 37.8. The molecular formula is C24H34N2O6. The third-order valence-electron chi connectivity index (χ3n) is 7.43. The standard InChI is InChI=1S/C24H34N2O6/c1-14(2)16(13-27)26-19-21(29)25(15(3)4)11-8-10-24(19)17(20(26)28)18-22(30)31-12-7-6-9-23(18,5)32-24/h6,8-10,14-19,27H,7,11-13H2,1-5H3/t16-,17-,18-,19?,23+,24-/m0/s1. The molecule has 8 heteroatoms. The molecule has 1 unspecified atom stereocenters. The first kappa shape index (κ1) is 23.0. The summed E-state index contributed by atoms with van der Waals surface area (Å²) < 4.78 is 12.1. The molecule has 0 radical (unpaired) electrons. The third-order valence-corrected chi connectivity index (χ3v) is 7.43. The molecule has 0 saturated carbocycles. The number of hydrogen-bond donors (Lipinski definition) is 1. The van der Waals surface area contributed by atoms with E-state index in [1.54, 1.807) is 11.8 Å². The summed E-state index contributed by atoms with van der Waals surface area (Å²) in [5.41, 5.74) is -2.39. The van der Waals surface area contributed by atoms with Crippen LogP contribution < -0.4 is 0 Å². The summed E-state index contributed by atoms with van der Waals surface area (Å²) in [7, 11) is 0. The molecule has 2 fully saturated rings. The number of cyclic esters (lactones) is 1. The van der Waals surface area contributed by atoms with Crippen LogP contribution in [0.5, 0.6) is 0 Å². The molecule has 1 N–H and O–H groups in total. The minimum Gasteiger partial charge on any atom is -0.465 e. The van der Waals surface area contributed by atoms with Gasteiger partial charge in [0, 0.05) is 12.6 Å². The van der Waals surface area contributed by atoms with Crippen LogP contribution in [0, 0.1) is 17.8 Å². The lowest BCUT2D eigenvalue weighted by atomic mass is 9.74. The van der Waals surface area contributed by atoms with Gasteiger partial charge < -0.3 is 24.4 Å². The van der Waals surface area contributed by atoms with Gasteiger partial charge in [0.2, 0.25) is 11.8 Å². The number of hydrogen-bond acceptors (Lipinski definition) is 6. The van der Waals surface area contributed by atoms with Gasteiger partial charge in [0.25, 0.3) is 0 Å². The van der Waals surface area contributed by atoms with Crippen molar-refractivity contribution in [2.75, 3.05) is 19.8 Å². The zero-order valence-electron chi connectivity index (χ0n) is 19.5. The van der Waals surface area contributed by atoms with E-state index in [4.69, 9.17) is 9.47 Å². The highest BCUT2D eigenvalue weighted by Crippen LogP contribution is 2.57. The molecule has 2 amide bonds. The van der Waals surface area contributed by atoms with Gasteiger partial charge >= 0.3 is 5.97 Å². The molecule has 4 rings (SSSR count). The second kappa shape index (κ2) is 7.99. The van der Waals surface area contributed by atoms with Crippen LogP contribution in [-0.2, 0) is 23.9 Å². The Morgan fingerprint density at radius 2 is 1.81 bits per heavy atom. The number of aliphatic hydroxyl groups excluding tert-OH is 1. The minimum absolute atomic E-state index is 0.0829. The Labute approximate surface area is 189 Å². The lowest BCUT2D eigenvalue weighted by Gasteiger charge is -2.41. The lowest BCUT2D eigenvalue weighted by Crippen LogP contribution is -2.60. The Balaban J connectivity index is 1.93. The van der Waals surface area contributed by atoms with E-state index in [0.29, 0.717) is 13.0 Å². The zero-order valence-corrected chi connectivity index (χ0v) is 19.5. The summed E-state index contributed by atoms with van der Waals surface area (Å²) in [4.78, 5) is 44.3. The van der Waals surface area contributed by atoms with Gasteiger partial charge in [-0.1, -0.05) is 38.2 Å². The molecule has 0 bridgehead atoms. The van der Waals surface area contributed by atoms with E-state index in [0.717, 1.165) is 0 Å². The number of carbonyl (C=O) groups is 3. The zero-order chi connectivity index (χ0) is 23.4. The van der Waals surface area contributed by atoms with Crippen molar-refractivity contribution >= 4 is 17.8 Å². The molecule has 0 aliphatic carbocycles. The Morgan fingerprint density at radius 1 is 1.09 bits per heavy atom. The van der Waals surface area contributed by atoms with E-state index in [-0.39, 0.29) is 37.0 Å². The van der Waals surface area contributed by atoms with Gasteiger partial charge in [-0.15, -0.1) is 0 Å².